The number of hydrogen-bond acceptors (Lipinski definition) is 5. The smallest absolute Gasteiger partial charge is 0.248 e. The van der Waals surface area contributed by atoms with Gasteiger partial charge in [0.1, 0.15) is 12.6 Å². The summed E-state index contributed by atoms with van der Waals surface area (Å²) in [5.74, 6) is 3.39. The van der Waals surface area contributed by atoms with Gasteiger partial charge in [-0.3, -0.25) is 0 Å². The van der Waals surface area contributed by atoms with Gasteiger partial charge in [0.05, 0.1) is 0 Å². The molecule has 3 unspecified atom stereocenters. The molecular formula is C18H34IN5O2. The second-order valence-corrected chi connectivity index (χ2v) is 7.10. The Bertz CT molecular complexity index is 541. The van der Waals surface area contributed by atoms with Crippen LogP contribution in [0.5, 0.6) is 0 Å². The molecule has 7 nitrogen and oxygen atoms in total. The summed E-state index contributed by atoms with van der Waals surface area (Å²) in [7, 11) is 0. The van der Waals surface area contributed by atoms with E-state index in [1.54, 1.807) is 0 Å². The zero-order valence-corrected chi connectivity index (χ0v) is 18.9. The maximum absolute atomic E-state index is 5.48. The lowest BCUT2D eigenvalue weighted by Gasteiger charge is -2.32. The number of nitrogens with one attached hydrogen (secondary N) is 2. The Balaban J connectivity index is 0.00000338. The van der Waals surface area contributed by atoms with Crippen LogP contribution in [0.1, 0.15) is 71.7 Å². The molecule has 150 valence electrons. The molecule has 1 saturated carbocycles. The van der Waals surface area contributed by atoms with Gasteiger partial charge in [0.15, 0.2) is 11.8 Å². The molecule has 1 aliphatic carbocycles. The van der Waals surface area contributed by atoms with Crippen molar-refractivity contribution >= 4 is 29.9 Å². The third-order valence-electron chi connectivity index (χ3n) is 4.50. The predicted molar refractivity (Wildman–Crippen MR) is 114 cm³/mol. The summed E-state index contributed by atoms with van der Waals surface area (Å²) in [6.07, 6.45) is 3.52. The number of nitrogens with zero attached hydrogens (tertiary/aromatic N) is 3. The Morgan fingerprint density at radius 2 is 1.96 bits per heavy atom. The first kappa shape index (κ1) is 23.1. The van der Waals surface area contributed by atoms with Gasteiger partial charge in [0.2, 0.25) is 5.89 Å². The Kier molecular flexibility index (Phi) is 10.4. The van der Waals surface area contributed by atoms with Crippen molar-refractivity contribution in [3.05, 3.63) is 11.7 Å². The minimum absolute atomic E-state index is 0. The zero-order chi connectivity index (χ0) is 18.2. The van der Waals surface area contributed by atoms with Crippen LogP contribution in [0, 0.1) is 11.8 Å². The van der Waals surface area contributed by atoms with Crippen LogP contribution in [0.25, 0.3) is 0 Å². The van der Waals surface area contributed by atoms with Gasteiger partial charge in [-0.05, 0) is 51.9 Å². The van der Waals surface area contributed by atoms with Crippen molar-refractivity contribution in [2.75, 3.05) is 13.2 Å². The van der Waals surface area contributed by atoms with Gasteiger partial charge in [-0.1, -0.05) is 19.0 Å². The Morgan fingerprint density at radius 1 is 1.27 bits per heavy atom. The first-order valence-electron chi connectivity index (χ1n) is 9.50. The molecule has 26 heavy (non-hydrogen) atoms. The van der Waals surface area contributed by atoms with Crippen molar-refractivity contribution in [2.45, 2.75) is 72.6 Å². The molecule has 8 heteroatoms. The van der Waals surface area contributed by atoms with Gasteiger partial charge < -0.3 is 19.9 Å². The molecule has 3 atom stereocenters. The fraction of sp³-hybridized carbons (Fsp3) is 0.833. The SMILES string of the molecule is CCNC(=NCc1nc(C(C)OCC)no1)NC1CC(C)CC(C)C1.I. The average molecular weight is 479 g/mol. The van der Waals surface area contributed by atoms with Crippen molar-refractivity contribution in [2.24, 2.45) is 16.8 Å². The summed E-state index contributed by atoms with van der Waals surface area (Å²) >= 11 is 0. The fourth-order valence-corrected chi connectivity index (χ4v) is 3.55. The predicted octanol–water partition coefficient (Wildman–Crippen LogP) is 3.66. The van der Waals surface area contributed by atoms with E-state index in [0.717, 1.165) is 24.3 Å². The molecule has 0 radical (unpaired) electrons. The molecule has 1 aliphatic rings. The van der Waals surface area contributed by atoms with Crippen molar-refractivity contribution in [1.29, 1.82) is 0 Å². The fourth-order valence-electron chi connectivity index (χ4n) is 3.55. The number of guanidine groups is 1. The number of hydrogen-bond donors (Lipinski definition) is 2. The minimum Gasteiger partial charge on any atom is -0.371 e. The molecule has 1 fully saturated rings. The molecule has 1 heterocycles. The van der Waals surface area contributed by atoms with E-state index in [4.69, 9.17) is 9.26 Å². The third kappa shape index (κ3) is 7.38. The normalized spacial score (nSPS) is 24.7. The second-order valence-electron chi connectivity index (χ2n) is 7.10. The molecule has 0 saturated heterocycles. The van der Waals surface area contributed by atoms with Crippen molar-refractivity contribution in [1.82, 2.24) is 20.8 Å². The number of aliphatic imine (C=N–C) groups is 1. The largest absolute Gasteiger partial charge is 0.371 e. The average Bonchev–Trinajstić information content (AvgIpc) is 3.01. The van der Waals surface area contributed by atoms with Gasteiger partial charge in [-0.2, -0.15) is 4.98 Å². The topological polar surface area (TPSA) is 84.6 Å². The van der Waals surface area contributed by atoms with Crippen LogP contribution in [-0.4, -0.2) is 35.3 Å². The number of halogens is 1. The molecular weight excluding hydrogens is 445 g/mol. The Morgan fingerprint density at radius 3 is 2.58 bits per heavy atom. The molecule has 1 aromatic rings. The lowest BCUT2D eigenvalue weighted by molar-refractivity contribution is 0.0683. The number of aromatic nitrogens is 2. The first-order valence-corrected chi connectivity index (χ1v) is 9.50. The lowest BCUT2D eigenvalue weighted by atomic mass is 9.80. The highest BCUT2D eigenvalue weighted by molar-refractivity contribution is 14.0. The van der Waals surface area contributed by atoms with Gasteiger partial charge in [0.25, 0.3) is 0 Å². The molecule has 1 aromatic heterocycles. The van der Waals surface area contributed by atoms with E-state index in [1.165, 1.54) is 19.3 Å². The number of rotatable bonds is 7. The quantitative estimate of drug-likeness (QED) is 0.353. The van der Waals surface area contributed by atoms with E-state index in [-0.39, 0.29) is 30.1 Å². The van der Waals surface area contributed by atoms with Gasteiger partial charge in [-0.15, -0.1) is 24.0 Å². The minimum atomic E-state index is -0.164. The van der Waals surface area contributed by atoms with Crippen LogP contribution in [0.4, 0.5) is 0 Å². The van der Waals surface area contributed by atoms with E-state index < -0.39 is 0 Å². The zero-order valence-electron chi connectivity index (χ0n) is 16.6. The lowest BCUT2D eigenvalue weighted by Crippen LogP contribution is -2.46. The summed E-state index contributed by atoms with van der Waals surface area (Å²) in [6, 6.07) is 0.466. The van der Waals surface area contributed by atoms with Gasteiger partial charge >= 0.3 is 0 Å². The van der Waals surface area contributed by atoms with Crippen LogP contribution in [0.3, 0.4) is 0 Å². The number of ether oxygens (including phenoxy) is 1. The maximum Gasteiger partial charge on any atom is 0.248 e. The summed E-state index contributed by atoms with van der Waals surface area (Å²) < 4.78 is 10.8. The standard InChI is InChI=1S/C18H33N5O2.HI/c1-6-19-18(21-15-9-12(3)8-13(4)10-15)20-11-16-22-17(23-25-16)14(5)24-7-2;/h12-15H,6-11H2,1-5H3,(H2,19,20,21);1H. The van der Waals surface area contributed by atoms with Gasteiger partial charge in [0, 0.05) is 19.2 Å². The molecule has 2 N–H and O–H groups in total. The van der Waals surface area contributed by atoms with E-state index in [9.17, 15) is 0 Å². The van der Waals surface area contributed by atoms with Crippen LogP contribution < -0.4 is 10.6 Å². The summed E-state index contributed by atoms with van der Waals surface area (Å²) in [4.78, 5) is 8.97. The molecule has 0 spiro atoms. The first-order chi connectivity index (χ1) is 12.0. The molecule has 2 rings (SSSR count). The van der Waals surface area contributed by atoms with Crippen LogP contribution in [-0.2, 0) is 11.3 Å². The Labute approximate surface area is 174 Å². The van der Waals surface area contributed by atoms with Gasteiger partial charge in [-0.25, -0.2) is 4.99 Å². The molecule has 0 aromatic carbocycles. The van der Waals surface area contributed by atoms with Crippen molar-refractivity contribution in [3.63, 3.8) is 0 Å². The highest BCUT2D eigenvalue weighted by atomic mass is 127. The summed E-state index contributed by atoms with van der Waals surface area (Å²) in [5, 5.41) is 10.8. The summed E-state index contributed by atoms with van der Waals surface area (Å²) in [5.41, 5.74) is 0. The van der Waals surface area contributed by atoms with Crippen LogP contribution in [0.2, 0.25) is 0 Å². The third-order valence-corrected chi connectivity index (χ3v) is 4.50. The molecule has 0 amide bonds. The Hall–Kier alpha value is -0.900. The highest BCUT2D eigenvalue weighted by Crippen LogP contribution is 2.28. The van der Waals surface area contributed by atoms with Crippen molar-refractivity contribution in [3.8, 4) is 0 Å². The summed E-state index contributed by atoms with van der Waals surface area (Å²) in [6.45, 7) is 12.4. The van der Waals surface area contributed by atoms with E-state index in [0.29, 0.717) is 30.9 Å². The van der Waals surface area contributed by atoms with Crippen molar-refractivity contribution < 1.29 is 9.26 Å². The van der Waals surface area contributed by atoms with E-state index >= 15 is 0 Å². The monoisotopic (exact) mass is 479 g/mol. The van der Waals surface area contributed by atoms with E-state index in [2.05, 4.69) is 46.5 Å². The molecule has 0 aliphatic heterocycles. The maximum atomic E-state index is 5.48. The van der Waals surface area contributed by atoms with Crippen LogP contribution >= 0.6 is 24.0 Å². The highest BCUT2D eigenvalue weighted by Gasteiger charge is 2.24. The van der Waals surface area contributed by atoms with Crippen LogP contribution in [0.15, 0.2) is 9.52 Å². The second kappa shape index (κ2) is 11.7. The van der Waals surface area contributed by atoms with E-state index in [1.807, 2.05) is 13.8 Å². The molecule has 0 bridgehead atoms.